The second kappa shape index (κ2) is 24.5. The van der Waals surface area contributed by atoms with Gasteiger partial charge in [0.2, 0.25) is 0 Å². The quantitative estimate of drug-likeness (QED) is 0.221. The average Bonchev–Trinajstić information content (AvgIpc) is 2.86. The van der Waals surface area contributed by atoms with Gasteiger partial charge in [0.05, 0.1) is 0 Å². The predicted octanol–water partition coefficient (Wildman–Crippen LogP) is 10.5. The molecule has 2 rings (SSSR count). The summed E-state index contributed by atoms with van der Waals surface area (Å²) < 4.78 is 0. The normalized spacial score (nSPS) is 10.5. The van der Waals surface area contributed by atoms with E-state index in [1.54, 1.807) is 0 Å². The van der Waals surface area contributed by atoms with E-state index in [2.05, 4.69) is 82.1 Å². The number of pyridine rings is 2. The van der Waals surface area contributed by atoms with E-state index in [0.29, 0.717) is 0 Å². The van der Waals surface area contributed by atoms with Crippen molar-refractivity contribution in [3.8, 4) is 0 Å². The number of hydrogen-bond donors (Lipinski definition) is 0. The summed E-state index contributed by atoms with van der Waals surface area (Å²) in [6.45, 7) is 9.07. The van der Waals surface area contributed by atoms with Crippen LogP contribution in [0.25, 0.3) is 0 Å². The topological polar surface area (TPSA) is 25.8 Å². The third-order valence-electron chi connectivity index (χ3n) is 5.98. The molecule has 0 atom stereocenters. The van der Waals surface area contributed by atoms with Crippen molar-refractivity contribution < 1.29 is 13.1 Å². The summed E-state index contributed by atoms with van der Waals surface area (Å²) >= 11 is 0.757. The Morgan fingerprint density at radius 1 is 0.576 bits per heavy atom. The second-order valence-corrected chi connectivity index (χ2v) is 10.1. The monoisotopic (exact) mass is 543 g/mol. The van der Waals surface area contributed by atoms with Crippen molar-refractivity contribution in [1.29, 1.82) is 0 Å². The van der Waals surface area contributed by atoms with Gasteiger partial charge in [-0.15, -0.1) is 0 Å². The van der Waals surface area contributed by atoms with Gasteiger partial charge in [0, 0.05) is 24.8 Å². The van der Waals surface area contributed by atoms with Crippen LogP contribution in [0.2, 0.25) is 0 Å². The molecule has 0 radical (unpaired) electrons. The van der Waals surface area contributed by atoms with Gasteiger partial charge >= 0.3 is 33.3 Å². The van der Waals surface area contributed by atoms with E-state index in [0.717, 1.165) is 25.0 Å². The van der Waals surface area contributed by atoms with Crippen molar-refractivity contribution in [3.63, 3.8) is 0 Å². The first-order chi connectivity index (χ1) is 16.2. The summed E-state index contributed by atoms with van der Waals surface area (Å²) in [5, 5.41) is 0. The first-order valence-corrected chi connectivity index (χ1v) is 15.4. The van der Waals surface area contributed by atoms with Crippen molar-refractivity contribution in [2.75, 3.05) is 0 Å². The molecule has 0 aliphatic heterocycles. The molecule has 0 aromatic carbocycles. The van der Waals surface area contributed by atoms with Crippen LogP contribution in [-0.2, 0) is 13.1 Å². The van der Waals surface area contributed by atoms with Crippen LogP contribution in [0, 0.1) is 0 Å². The average molecular weight is 545 g/mol. The summed E-state index contributed by atoms with van der Waals surface area (Å²) in [5.74, 6) is 1.51. The standard InChI is InChI=1S/2C14H23N.2ClH.Cu/c2*1-3-5-7-13(8-6-4-2)14-9-11-15-12-10-14;;;/h2*9-13H,3-8H2,1-2H3;2*1H;/q;;;;+2/p-2. The fourth-order valence-electron chi connectivity index (χ4n) is 4.03. The van der Waals surface area contributed by atoms with E-state index in [1.807, 2.05) is 24.8 Å². The van der Waals surface area contributed by atoms with Crippen LogP contribution >= 0.6 is 20.2 Å². The molecule has 2 heterocycles. The van der Waals surface area contributed by atoms with Gasteiger partial charge in [0.15, 0.2) is 0 Å². The van der Waals surface area contributed by atoms with Gasteiger partial charge in [0.1, 0.15) is 0 Å². The number of rotatable bonds is 14. The van der Waals surface area contributed by atoms with Gasteiger partial charge in [-0.05, 0) is 72.9 Å². The Morgan fingerprint density at radius 2 is 0.818 bits per heavy atom. The van der Waals surface area contributed by atoms with E-state index < -0.39 is 0 Å². The minimum atomic E-state index is 0.757. The zero-order valence-electron chi connectivity index (χ0n) is 21.2. The van der Waals surface area contributed by atoms with Gasteiger partial charge in [-0.2, -0.15) is 0 Å². The van der Waals surface area contributed by atoms with Gasteiger partial charge in [-0.1, -0.05) is 79.1 Å². The van der Waals surface area contributed by atoms with Crippen LogP contribution in [0.1, 0.15) is 128 Å². The Kier molecular flexibility index (Phi) is 24.1. The molecule has 0 fully saturated rings. The van der Waals surface area contributed by atoms with E-state index in [-0.39, 0.29) is 0 Å². The molecule has 193 valence electrons. The molecule has 0 spiro atoms. The van der Waals surface area contributed by atoms with Crippen LogP contribution in [0.4, 0.5) is 0 Å². The van der Waals surface area contributed by atoms with E-state index in [9.17, 15) is 0 Å². The van der Waals surface area contributed by atoms with Crippen molar-refractivity contribution in [1.82, 2.24) is 9.97 Å². The molecular formula is C28H46Cl2CuN2. The van der Waals surface area contributed by atoms with E-state index >= 15 is 0 Å². The number of unbranched alkanes of at least 4 members (excludes halogenated alkanes) is 4. The van der Waals surface area contributed by atoms with Crippen molar-refractivity contribution >= 4 is 20.2 Å². The zero-order chi connectivity index (χ0) is 24.6. The minimum absolute atomic E-state index is 0.757. The van der Waals surface area contributed by atoms with Gasteiger partial charge in [0.25, 0.3) is 0 Å². The van der Waals surface area contributed by atoms with Crippen LogP contribution in [-0.4, -0.2) is 9.97 Å². The molecular weight excluding hydrogens is 499 g/mol. The SMILES string of the molecule is CCCCC(CCCC)c1ccncc1.CCCCC(CCCC)c1ccncc1.[Cl][Cu][Cl]. The molecule has 0 amide bonds. The summed E-state index contributed by atoms with van der Waals surface area (Å²) in [7, 11) is 9.34. The number of halogens is 2. The van der Waals surface area contributed by atoms with Gasteiger partial charge in [-0.3, -0.25) is 9.97 Å². The van der Waals surface area contributed by atoms with Crippen molar-refractivity contribution in [3.05, 3.63) is 60.2 Å². The maximum absolute atomic E-state index is 4.67. The number of nitrogens with zero attached hydrogens (tertiary/aromatic N) is 2. The predicted molar refractivity (Wildman–Crippen MR) is 144 cm³/mol. The molecule has 0 aliphatic carbocycles. The third-order valence-corrected chi connectivity index (χ3v) is 5.98. The molecule has 0 saturated carbocycles. The van der Waals surface area contributed by atoms with Gasteiger partial charge in [-0.25, -0.2) is 0 Å². The molecule has 0 aliphatic rings. The number of aromatic nitrogens is 2. The van der Waals surface area contributed by atoms with Crippen LogP contribution in [0.3, 0.4) is 0 Å². The summed E-state index contributed by atoms with van der Waals surface area (Å²) in [4.78, 5) is 8.18. The van der Waals surface area contributed by atoms with Crippen molar-refractivity contribution in [2.45, 2.75) is 117 Å². The zero-order valence-corrected chi connectivity index (χ0v) is 23.7. The Bertz CT molecular complexity index is 557. The van der Waals surface area contributed by atoms with E-state index in [1.165, 1.54) is 88.2 Å². The van der Waals surface area contributed by atoms with Crippen molar-refractivity contribution in [2.24, 2.45) is 0 Å². The second-order valence-electron chi connectivity index (χ2n) is 8.57. The Labute approximate surface area is 219 Å². The molecule has 2 nitrogen and oxygen atoms in total. The molecule has 0 saturated heterocycles. The Hall–Kier alpha value is -0.601. The Morgan fingerprint density at radius 3 is 1.03 bits per heavy atom. The molecule has 0 unspecified atom stereocenters. The molecule has 5 heteroatoms. The first-order valence-electron chi connectivity index (χ1n) is 12.8. The first kappa shape index (κ1) is 32.4. The van der Waals surface area contributed by atoms with Crippen LogP contribution in [0.15, 0.2) is 49.1 Å². The number of hydrogen-bond acceptors (Lipinski definition) is 2. The molecule has 0 N–H and O–H groups in total. The molecule has 2 aromatic heterocycles. The molecule has 33 heavy (non-hydrogen) atoms. The maximum atomic E-state index is 4.67. The molecule has 0 bridgehead atoms. The fraction of sp³-hybridized carbons (Fsp3) is 0.643. The third kappa shape index (κ3) is 17.5. The fourth-order valence-corrected chi connectivity index (χ4v) is 4.03. The summed E-state index contributed by atoms with van der Waals surface area (Å²) in [6.07, 6.45) is 23.6. The van der Waals surface area contributed by atoms with Crippen LogP contribution in [0.5, 0.6) is 0 Å². The van der Waals surface area contributed by atoms with E-state index in [4.69, 9.17) is 0 Å². The summed E-state index contributed by atoms with van der Waals surface area (Å²) in [6, 6.07) is 8.71. The molecule has 2 aromatic rings. The summed E-state index contributed by atoms with van der Waals surface area (Å²) in [5.41, 5.74) is 2.96. The Balaban J connectivity index is 0.000000555. The van der Waals surface area contributed by atoms with Crippen LogP contribution < -0.4 is 0 Å². The van der Waals surface area contributed by atoms with Gasteiger partial charge < -0.3 is 0 Å².